The van der Waals surface area contributed by atoms with Crippen LogP contribution in [0.2, 0.25) is 0 Å². The molecule has 3 nitrogen and oxygen atoms in total. The molecule has 0 amide bonds. The Morgan fingerprint density at radius 2 is 1.33 bits per heavy atom. The molecule has 0 fully saturated rings. The third kappa shape index (κ3) is 2.38. The van der Waals surface area contributed by atoms with Gasteiger partial charge in [0.1, 0.15) is 11.7 Å². The number of para-hydroxylation sites is 3. The van der Waals surface area contributed by atoms with Gasteiger partial charge in [-0.05, 0) is 24.3 Å². The van der Waals surface area contributed by atoms with E-state index in [0.29, 0.717) is 6.79 Å². The molecule has 4 rings (SSSR count). The van der Waals surface area contributed by atoms with Crippen LogP contribution < -0.4 is 14.2 Å². The molecule has 0 saturated carbocycles. The van der Waals surface area contributed by atoms with E-state index < -0.39 is 0 Å². The third-order valence-electron chi connectivity index (χ3n) is 2.56. The first-order valence-corrected chi connectivity index (χ1v) is 6.61. The standard InChI is InChI=1S/C7H6O2.C7H6OS/c2*1-2-4-7-6(3-1)8-5-9-7/h2*1-4H,5H2. The van der Waals surface area contributed by atoms with E-state index in [2.05, 4.69) is 6.07 Å². The molecule has 18 heavy (non-hydrogen) atoms. The van der Waals surface area contributed by atoms with Crippen LogP contribution in [0.15, 0.2) is 53.4 Å². The van der Waals surface area contributed by atoms with Gasteiger partial charge in [-0.15, -0.1) is 0 Å². The quantitative estimate of drug-likeness (QED) is 0.724. The zero-order valence-electron chi connectivity index (χ0n) is 9.67. The molecule has 0 atom stereocenters. The van der Waals surface area contributed by atoms with Gasteiger partial charge in [0.05, 0.1) is 4.90 Å². The Morgan fingerprint density at radius 1 is 0.722 bits per heavy atom. The third-order valence-corrected chi connectivity index (χ3v) is 3.44. The number of thioether (sulfide) groups is 1. The van der Waals surface area contributed by atoms with Gasteiger partial charge in [0.2, 0.25) is 6.79 Å². The molecule has 2 aromatic rings. The van der Waals surface area contributed by atoms with Crippen LogP contribution in [0, 0.1) is 0 Å². The van der Waals surface area contributed by atoms with Crippen LogP contribution in [0.1, 0.15) is 0 Å². The van der Waals surface area contributed by atoms with E-state index in [-0.39, 0.29) is 0 Å². The largest absolute Gasteiger partial charge is 0.481 e. The Bertz CT molecular complexity index is 447. The van der Waals surface area contributed by atoms with E-state index in [1.807, 2.05) is 42.5 Å². The minimum Gasteiger partial charge on any atom is -0.481 e. The summed E-state index contributed by atoms with van der Waals surface area (Å²) in [5, 5.41) is 0. The summed E-state index contributed by atoms with van der Waals surface area (Å²) in [7, 11) is 0. The van der Waals surface area contributed by atoms with Crippen molar-refractivity contribution in [2.75, 3.05) is 12.7 Å². The van der Waals surface area contributed by atoms with Gasteiger partial charge in [0.25, 0.3) is 0 Å². The van der Waals surface area contributed by atoms with Crippen molar-refractivity contribution in [2.24, 2.45) is 0 Å². The Kier molecular flexibility index (Phi) is 3.28. The van der Waals surface area contributed by atoms with Gasteiger partial charge >= 0.3 is 0 Å². The van der Waals surface area contributed by atoms with Gasteiger partial charge in [-0.2, -0.15) is 0 Å². The summed E-state index contributed by atoms with van der Waals surface area (Å²) < 4.78 is 15.4. The number of hydrogen-bond acceptors (Lipinski definition) is 4. The number of fused-ring (bicyclic) bond motifs is 2. The Labute approximate surface area is 110 Å². The maximum Gasteiger partial charge on any atom is 0.231 e. The van der Waals surface area contributed by atoms with E-state index in [1.165, 1.54) is 4.90 Å². The van der Waals surface area contributed by atoms with Crippen LogP contribution in [0.5, 0.6) is 17.2 Å². The van der Waals surface area contributed by atoms with Gasteiger partial charge in [-0.1, -0.05) is 36.0 Å². The van der Waals surface area contributed by atoms with Crippen molar-refractivity contribution < 1.29 is 14.2 Å². The molecule has 0 aromatic heterocycles. The summed E-state index contributed by atoms with van der Waals surface area (Å²) in [6.45, 7) is 0.360. The summed E-state index contributed by atoms with van der Waals surface area (Å²) >= 11 is 1.75. The highest BCUT2D eigenvalue weighted by Crippen LogP contribution is 2.35. The summed E-state index contributed by atoms with van der Waals surface area (Å²) in [5.74, 6) is 3.50. The molecule has 2 aliphatic rings. The second-order valence-corrected chi connectivity index (χ2v) is 4.67. The van der Waals surface area contributed by atoms with Crippen molar-refractivity contribution in [1.82, 2.24) is 0 Å². The molecule has 0 saturated heterocycles. The van der Waals surface area contributed by atoms with Crippen molar-refractivity contribution in [2.45, 2.75) is 4.90 Å². The predicted molar refractivity (Wildman–Crippen MR) is 70.4 cm³/mol. The first-order valence-electron chi connectivity index (χ1n) is 5.63. The summed E-state index contributed by atoms with van der Waals surface area (Å²) in [4.78, 5) is 1.26. The second kappa shape index (κ2) is 5.23. The lowest BCUT2D eigenvalue weighted by Gasteiger charge is -1.92. The predicted octanol–water partition coefficient (Wildman–Crippen LogP) is 3.54. The van der Waals surface area contributed by atoms with E-state index in [1.54, 1.807) is 11.8 Å². The molecule has 0 unspecified atom stereocenters. The molecule has 2 heterocycles. The Balaban J connectivity index is 0.000000111. The normalized spacial score (nSPS) is 14.2. The van der Waals surface area contributed by atoms with Crippen molar-refractivity contribution in [1.29, 1.82) is 0 Å². The van der Waals surface area contributed by atoms with Crippen molar-refractivity contribution >= 4 is 11.8 Å². The maximum atomic E-state index is 5.26. The second-order valence-electron chi connectivity index (χ2n) is 3.71. The molecule has 2 aliphatic heterocycles. The van der Waals surface area contributed by atoms with Crippen LogP contribution in [0.3, 0.4) is 0 Å². The van der Waals surface area contributed by atoms with E-state index in [9.17, 15) is 0 Å². The molecule has 0 N–H and O–H groups in total. The highest BCUT2D eigenvalue weighted by atomic mass is 32.2. The summed E-state index contributed by atoms with van der Waals surface area (Å²) in [5.41, 5.74) is 0. The average Bonchev–Trinajstić information content (AvgIpc) is 3.08. The highest BCUT2D eigenvalue weighted by molar-refractivity contribution is 7.99. The van der Waals surface area contributed by atoms with Crippen LogP contribution in [0.25, 0.3) is 0 Å². The topological polar surface area (TPSA) is 27.7 Å². The van der Waals surface area contributed by atoms with E-state index in [0.717, 1.165) is 23.2 Å². The monoisotopic (exact) mass is 260 g/mol. The Morgan fingerprint density at radius 3 is 2.00 bits per heavy atom. The van der Waals surface area contributed by atoms with Crippen molar-refractivity contribution in [3.8, 4) is 17.2 Å². The smallest absolute Gasteiger partial charge is 0.231 e. The fraction of sp³-hybridized carbons (Fsp3) is 0.143. The fourth-order valence-electron chi connectivity index (χ4n) is 1.69. The minimum atomic E-state index is 0.360. The van der Waals surface area contributed by atoms with Gasteiger partial charge < -0.3 is 14.2 Å². The van der Waals surface area contributed by atoms with Crippen LogP contribution in [0.4, 0.5) is 0 Å². The van der Waals surface area contributed by atoms with Gasteiger partial charge in [0.15, 0.2) is 11.5 Å². The maximum absolute atomic E-state index is 5.26. The highest BCUT2D eigenvalue weighted by Gasteiger charge is 2.10. The van der Waals surface area contributed by atoms with Crippen LogP contribution >= 0.6 is 11.8 Å². The number of hydrogen-bond donors (Lipinski definition) is 0. The fourth-order valence-corrected chi connectivity index (χ4v) is 2.45. The lowest BCUT2D eigenvalue weighted by Crippen LogP contribution is -1.92. The van der Waals surface area contributed by atoms with Crippen LogP contribution in [-0.4, -0.2) is 12.7 Å². The first-order chi connectivity index (χ1) is 8.93. The zero-order valence-corrected chi connectivity index (χ0v) is 10.5. The van der Waals surface area contributed by atoms with Crippen molar-refractivity contribution in [3.63, 3.8) is 0 Å². The van der Waals surface area contributed by atoms with Crippen molar-refractivity contribution in [3.05, 3.63) is 48.5 Å². The number of benzene rings is 2. The molecule has 2 aromatic carbocycles. The van der Waals surface area contributed by atoms with Gasteiger partial charge in [-0.25, -0.2) is 0 Å². The zero-order chi connectivity index (χ0) is 12.2. The number of ether oxygens (including phenoxy) is 3. The van der Waals surface area contributed by atoms with E-state index in [4.69, 9.17) is 14.2 Å². The molecule has 0 aliphatic carbocycles. The molecular formula is C14H12O3S. The summed E-state index contributed by atoms with van der Waals surface area (Å²) in [6.07, 6.45) is 0. The molecular weight excluding hydrogens is 248 g/mol. The molecule has 0 bridgehead atoms. The lowest BCUT2D eigenvalue weighted by molar-refractivity contribution is 0.174. The molecule has 0 spiro atoms. The van der Waals surface area contributed by atoms with E-state index >= 15 is 0 Å². The van der Waals surface area contributed by atoms with Gasteiger partial charge in [0, 0.05) is 0 Å². The lowest BCUT2D eigenvalue weighted by atomic mass is 10.3. The van der Waals surface area contributed by atoms with Crippen LogP contribution in [-0.2, 0) is 0 Å². The molecule has 4 heteroatoms. The molecule has 0 radical (unpaired) electrons. The summed E-state index contributed by atoms with van der Waals surface area (Å²) in [6, 6.07) is 15.7. The number of rotatable bonds is 0. The Hall–Kier alpha value is -1.81. The minimum absolute atomic E-state index is 0.360. The average molecular weight is 260 g/mol. The first kappa shape index (κ1) is 11.3. The SMILES string of the molecule is c1ccc2c(c1)OCO2.c1ccc2c(c1)OCS2. The van der Waals surface area contributed by atoms with Gasteiger partial charge in [-0.3, -0.25) is 0 Å². The molecule has 92 valence electrons.